The quantitative estimate of drug-likeness (QED) is 0.116. The fraction of sp³-hybridized carbons (Fsp3) is 0.179. The smallest absolute Gasteiger partial charge is 0.127 e. The summed E-state index contributed by atoms with van der Waals surface area (Å²) in [5.74, 6) is 1.15. The molecule has 0 fully saturated rings. The Morgan fingerprint density at radius 2 is 1.02 bits per heavy atom. The van der Waals surface area contributed by atoms with Gasteiger partial charge in [-0.15, -0.1) is 12.4 Å². The fourth-order valence-electron chi connectivity index (χ4n) is 4.68. The molecule has 45 heavy (non-hydrogen) atoms. The minimum absolute atomic E-state index is 0. The van der Waals surface area contributed by atoms with Gasteiger partial charge in [0.1, 0.15) is 18.1 Å². The standard InChI is InChI=1S/C19H19NO.C10H9NO.C9H12O.CH4.ClH/c1-13-7-8-15(11-14(13)2)12-21-19-10-9-18(20)16-5-3-4-6-17(16)19;11-9-5-6-10(12)8-4-2-1-3-7(8)9;1-7-3-4-9(6-10)5-8(7)2;;/h3-11H,12,20H2,1-2H3;1-6,12H,11H2;3-5,10H,6H2,1-2H3;1H4;1H. The highest BCUT2D eigenvalue weighted by molar-refractivity contribution is 5.97. The number of nitrogens with two attached hydrogens (primary N) is 2. The summed E-state index contributed by atoms with van der Waals surface area (Å²) in [6, 6.07) is 35.1. The van der Waals surface area contributed by atoms with E-state index in [0.717, 1.165) is 38.5 Å². The molecule has 0 saturated heterocycles. The maximum Gasteiger partial charge on any atom is 0.127 e. The lowest BCUT2D eigenvalue weighted by Gasteiger charge is -2.12. The first kappa shape index (κ1) is 36.5. The number of aryl methyl sites for hydroxylation is 4. The van der Waals surface area contributed by atoms with Gasteiger partial charge < -0.3 is 26.4 Å². The SMILES string of the molecule is C.Cc1ccc(CO)cc1C.Cc1ccc(COc2ccc(N)c3ccccc23)cc1C.Cl.Nc1ccc(O)c2ccccc12. The zero-order valence-electron chi connectivity index (χ0n) is 25.7. The summed E-state index contributed by atoms with van der Waals surface area (Å²) in [6.07, 6.45) is 0. The molecular weight excluding hydrogens is 580 g/mol. The number of rotatable bonds is 4. The van der Waals surface area contributed by atoms with Gasteiger partial charge in [0.2, 0.25) is 0 Å². The van der Waals surface area contributed by atoms with Gasteiger partial charge in [0.05, 0.1) is 6.61 Å². The number of aliphatic hydroxyl groups excluding tert-OH is 1. The van der Waals surface area contributed by atoms with E-state index < -0.39 is 0 Å². The number of fused-ring (bicyclic) bond motifs is 2. The first-order valence-corrected chi connectivity index (χ1v) is 14.3. The normalized spacial score (nSPS) is 9.98. The van der Waals surface area contributed by atoms with Gasteiger partial charge in [0, 0.05) is 32.9 Å². The summed E-state index contributed by atoms with van der Waals surface area (Å²) in [6.45, 7) is 9.06. The molecule has 0 bridgehead atoms. The fourth-order valence-corrected chi connectivity index (χ4v) is 4.68. The summed E-state index contributed by atoms with van der Waals surface area (Å²) < 4.78 is 6.00. The van der Waals surface area contributed by atoms with E-state index in [2.05, 4.69) is 45.9 Å². The molecule has 0 unspecified atom stereocenters. The molecule has 0 saturated carbocycles. The second-order valence-electron chi connectivity index (χ2n) is 10.7. The van der Waals surface area contributed by atoms with Crippen molar-refractivity contribution in [2.75, 3.05) is 11.5 Å². The Morgan fingerprint density at radius 3 is 1.56 bits per heavy atom. The average molecular weight is 625 g/mol. The van der Waals surface area contributed by atoms with Crippen LogP contribution in [0.5, 0.6) is 11.5 Å². The van der Waals surface area contributed by atoms with Crippen molar-refractivity contribution in [3.05, 3.63) is 143 Å². The van der Waals surface area contributed by atoms with Crippen LogP contribution < -0.4 is 16.2 Å². The zero-order valence-corrected chi connectivity index (χ0v) is 26.5. The Bertz CT molecular complexity index is 1810. The van der Waals surface area contributed by atoms with Gasteiger partial charge in [0.15, 0.2) is 0 Å². The van der Waals surface area contributed by atoms with Crippen LogP contribution in [0.25, 0.3) is 21.5 Å². The Hall–Kier alpha value is -4.71. The lowest BCUT2D eigenvalue weighted by atomic mass is 10.1. The van der Waals surface area contributed by atoms with Crippen LogP contribution >= 0.6 is 12.4 Å². The summed E-state index contributed by atoms with van der Waals surface area (Å²) in [4.78, 5) is 0. The molecule has 0 heterocycles. The monoisotopic (exact) mass is 624 g/mol. The first-order chi connectivity index (χ1) is 20.7. The molecule has 0 radical (unpaired) electrons. The third-order valence-electron chi connectivity index (χ3n) is 7.57. The van der Waals surface area contributed by atoms with Crippen molar-refractivity contribution < 1.29 is 14.9 Å². The van der Waals surface area contributed by atoms with E-state index >= 15 is 0 Å². The number of anilines is 2. The van der Waals surface area contributed by atoms with Gasteiger partial charge in [-0.3, -0.25) is 0 Å². The number of benzene rings is 6. The number of aliphatic hydroxyl groups is 1. The van der Waals surface area contributed by atoms with E-state index in [1.807, 2.05) is 78.9 Å². The minimum Gasteiger partial charge on any atom is -0.507 e. The van der Waals surface area contributed by atoms with Crippen LogP contribution in [0.1, 0.15) is 40.8 Å². The lowest BCUT2D eigenvalue weighted by Crippen LogP contribution is -1.98. The summed E-state index contributed by atoms with van der Waals surface area (Å²) >= 11 is 0. The first-order valence-electron chi connectivity index (χ1n) is 14.3. The topological polar surface area (TPSA) is 102 Å². The molecule has 0 aromatic heterocycles. The van der Waals surface area contributed by atoms with Crippen LogP contribution in [0.2, 0.25) is 0 Å². The number of hydrogen-bond acceptors (Lipinski definition) is 5. The van der Waals surface area contributed by atoms with E-state index in [4.69, 9.17) is 21.3 Å². The van der Waals surface area contributed by atoms with Gasteiger partial charge in [-0.2, -0.15) is 0 Å². The van der Waals surface area contributed by atoms with Crippen molar-refractivity contribution in [2.45, 2.75) is 48.3 Å². The molecular formula is C39H45ClN2O3. The number of halogens is 1. The molecule has 0 aliphatic heterocycles. The Kier molecular flexibility index (Phi) is 13.7. The van der Waals surface area contributed by atoms with Crippen LogP contribution in [0.15, 0.2) is 109 Å². The molecule has 6 aromatic rings. The molecule has 6 N–H and O–H groups in total. The predicted octanol–water partition coefficient (Wildman–Crippen LogP) is 9.60. The Balaban J connectivity index is 0.000000251. The van der Waals surface area contributed by atoms with Crippen LogP contribution in [-0.4, -0.2) is 10.2 Å². The van der Waals surface area contributed by atoms with Crippen LogP contribution in [0.4, 0.5) is 11.4 Å². The van der Waals surface area contributed by atoms with Crippen molar-refractivity contribution in [3.8, 4) is 11.5 Å². The summed E-state index contributed by atoms with van der Waals surface area (Å²) in [5, 5.41) is 22.0. The minimum atomic E-state index is 0. The van der Waals surface area contributed by atoms with Crippen molar-refractivity contribution in [1.82, 2.24) is 0 Å². The van der Waals surface area contributed by atoms with Crippen LogP contribution in [-0.2, 0) is 13.2 Å². The molecule has 6 rings (SSSR count). The molecule has 6 heteroatoms. The van der Waals surface area contributed by atoms with Gasteiger partial charge in [-0.1, -0.05) is 92.4 Å². The Morgan fingerprint density at radius 1 is 0.556 bits per heavy atom. The van der Waals surface area contributed by atoms with Crippen LogP contribution in [0.3, 0.4) is 0 Å². The highest BCUT2D eigenvalue weighted by Gasteiger charge is 2.05. The molecule has 0 amide bonds. The lowest BCUT2D eigenvalue weighted by molar-refractivity contribution is 0.281. The second-order valence-corrected chi connectivity index (χ2v) is 10.7. The number of nitrogen functional groups attached to an aromatic ring is 2. The third-order valence-corrected chi connectivity index (χ3v) is 7.57. The Labute approximate surface area is 273 Å². The van der Waals surface area contributed by atoms with Gasteiger partial charge in [-0.05, 0) is 85.3 Å². The summed E-state index contributed by atoms with van der Waals surface area (Å²) in [5.41, 5.74) is 20.5. The van der Waals surface area contributed by atoms with E-state index in [9.17, 15) is 5.11 Å². The number of phenols is 1. The number of phenolic OH excluding ortho intramolecular Hbond substituents is 1. The van der Waals surface area contributed by atoms with Gasteiger partial charge >= 0.3 is 0 Å². The molecule has 236 valence electrons. The largest absolute Gasteiger partial charge is 0.507 e. The maximum absolute atomic E-state index is 9.44. The van der Waals surface area contributed by atoms with Crippen molar-refractivity contribution in [1.29, 1.82) is 0 Å². The molecule has 0 spiro atoms. The average Bonchev–Trinajstić information content (AvgIpc) is 3.03. The van der Waals surface area contributed by atoms with E-state index in [1.165, 1.54) is 27.8 Å². The number of hydrogen-bond donors (Lipinski definition) is 4. The zero-order chi connectivity index (χ0) is 30.9. The summed E-state index contributed by atoms with van der Waals surface area (Å²) in [7, 11) is 0. The second kappa shape index (κ2) is 17.0. The molecule has 6 aromatic carbocycles. The van der Waals surface area contributed by atoms with Gasteiger partial charge in [-0.25, -0.2) is 0 Å². The highest BCUT2D eigenvalue weighted by atomic mass is 35.5. The van der Waals surface area contributed by atoms with Gasteiger partial charge in [0.25, 0.3) is 0 Å². The number of ether oxygens (including phenoxy) is 1. The van der Waals surface area contributed by atoms with E-state index in [-0.39, 0.29) is 32.2 Å². The molecule has 0 atom stereocenters. The highest BCUT2D eigenvalue weighted by Crippen LogP contribution is 2.31. The molecule has 0 aliphatic carbocycles. The van der Waals surface area contributed by atoms with Crippen molar-refractivity contribution in [2.24, 2.45) is 0 Å². The molecule has 0 aliphatic rings. The molecule has 5 nitrogen and oxygen atoms in total. The predicted molar refractivity (Wildman–Crippen MR) is 194 cm³/mol. The van der Waals surface area contributed by atoms with E-state index in [1.54, 1.807) is 12.1 Å². The maximum atomic E-state index is 9.44. The van der Waals surface area contributed by atoms with Crippen molar-refractivity contribution in [3.63, 3.8) is 0 Å². The van der Waals surface area contributed by atoms with Crippen molar-refractivity contribution >= 4 is 45.3 Å². The van der Waals surface area contributed by atoms with Crippen LogP contribution in [0, 0.1) is 27.7 Å². The number of aromatic hydroxyl groups is 1. The third kappa shape index (κ3) is 9.39. The van der Waals surface area contributed by atoms with E-state index in [0.29, 0.717) is 12.3 Å².